The topological polar surface area (TPSA) is 59.8 Å². The van der Waals surface area contributed by atoms with Crippen molar-refractivity contribution in [3.63, 3.8) is 0 Å². The Morgan fingerprint density at radius 2 is 1.80 bits per heavy atom. The summed E-state index contributed by atoms with van der Waals surface area (Å²) in [7, 11) is 0. The minimum Gasteiger partial charge on any atom is -0.320 e. The number of halogens is 5. The zero-order valence-corrected chi connectivity index (χ0v) is 16.4. The number of amides is 1. The van der Waals surface area contributed by atoms with Crippen LogP contribution in [-0.2, 0) is 6.18 Å². The molecule has 0 aliphatic carbocycles. The molecule has 152 valence electrons. The van der Waals surface area contributed by atoms with E-state index in [9.17, 15) is 18.0 Å². The first kappa shape index (κ1) is 20.2. The fourth-order valence-electron chi connectivity index (χ4n) is 3.03. The highest BCUT2D eigenvalue weighted by molar-refractivity contribution is 6.40. The number of nitrogens with one attached hydrogen (secondary N) is 1. The second-order valence-corrected chi connectivity index (χ2v) is 7.08. The van der Waals surface area contributed by atoms with E-state index < -0.39 is 17.6 Å². The van der Waals surface area contributed by atoms with Gasteiger partial charge in [0, 0.05) is 24.0 Å². The number of hydrogen-bond donors (Lipinski definition) is 1. The normalized spacial score (nSPS) is 11.6. The van der Waals surface area contributed by atoms with Gasteiger partial charge in [0.2, 0.25) is 0 Å². The smallest absolute Gasteiger partial charge is 0.320 e. The summed E-state index contributed by atoms with van der Waals surface area (Å²) in [6.45, 7) is 0. The molecule has 2 aromatic heterocycles. The van der Waals surface area contributed by atoms with Gasteiger partial charge in [0.1, 0.15) is 0 Å². The molecule has 0 saturated carbocycles. The lowest BCUT2D eigenvalue weighted by molar-refractivity contribution is -0.137. The Balaban J connectivity index is 1.91. The molecule has 1 amide bonds. The molecule has 1 N–H and O–H groups in total. The average molecular weight is 451 g/mol. The number of anilines is 1. The molecule has 0 atom stereocenters. The van der Waals surface area contributed by atoms with Crippen molar-refractivity contribution in [2.75, 3.05) is 5.32 Å². The van der Waals surface area contributed by atoms with Crippen molar-refractivity contribution < 1.29 is 18.0 Å². The lowest BCUT2D eigenvalue weighted by Crippen LogP contribution is -2.15. The summed E-state index contributed by atoms with van der Waals surface area (Å²) in [5, 5.41) is 2.80. The zero-order valence-electron chi connectivity index (χ0n) is 14.9. The summed E-state index contributed by atoms with van der Waals surface area (Å²) in [5.41, 5.74) is -0.509. The summed E-state index contributed by atoms with van der Waals surface area (Å²) in [4.78, 5) is 20.9. The van der Waals surface area contributed by atoms with Crippen LogP contribution in [0.25, 0.3) is 16.6 Å². The van der Waals surface area contributed by atoms with Gasteiger partial charge in [-0.1, -0.05) is 29.3 Å². The van der Waals surface area contributed by atoms with Gasteiger partial charge < -0.3 is 9.88 Å². The lowest BCUT2D eigenvalue weighted by Gasteiger charge is -2.16. The fourth-order valence-corrected chi connectivity index (χ4v) is 3.60. The fraction of sp³-hybridized carbons (Fsp3) is 0.0500. The molecule has 0 saturated heterocycles. The quantitative estimate of drug-likeness (QED) is 0.416. The van der Waals surface area contributed by atoms with Gasteiger partial charge >= 0.3 is 6.18 Å². The first-order valence-corrected chi connectivity index (χ1v) is 9.25. The molecule has 2 heterocycles. The van der Waals surface area contributed by atoms with E-state index in [1.54, 1.807) is 22.9 Å². The van der Waals surface area contributed by atoms with Gasteiger partial charge in [-0.25, -0.2) is 4.98 Å². The van der Waals surface area contributed by atoms with Gasteiger partial charge in [-0.3, -0.25) is 9.78 Å². The molecule has 4 rings (SSSR count). The van der Waals surface area contributed by atoms with E-state index in [0.717, 1.165) is 12.1 Å². The van der Waals surface area contributed by atoms with Crippen LogP contribution in [0.3, 0.4) is 0 Å². The molecule has 2 aromatic carbocycles. The Kier molecular flexibility index (Phi) is 5.13. The van der Waals surface area contributed by atoms with Gasteiger partial charge in [0.15, 0.2) is 0 Å². The first-order chi connectivity index (χ1) is 14.3. The molecule has 0 unspecified atom stereocenters. The molecule has 10 heteroatoms. The second-order valence-electron chi connectivity index (χ2n) is 6.27. The van der Waals surface area contributed by atoms with Crippen molar-refractivity contribution in [2.45, 2.75) is 6.18 Å². The Labute approximate surface area is 178 Å². The van der Waals surface area contributed by atoms with Crippen LogP contribution in [0.1, 0.15) is 15.9 Å². The molecule has 0 spiro atoms. The van der Waals surface area contributed by atoms with Crippen molar-refractivity contribution >= 4 is 45.7 Å². The molecule has 5 nitrogen and oxygen atoms in total. The molecule has 4 aromatic rings. The van der Waals surface area contributed by atoms with Crippen LogP contribution in [0.4, 0.5) is 18.9 Å². The number of pyridine rings is 1. The van der Waals surface area contributed by atoms with E-state index in [4.69, 9.17) is 23.2 Å². The molecular weight excluding hydrogens is 440 g/mol. The van der Waals surface area contributed by atoms with Crippen molar-refractivity contribution in [3.8, 4) is 5.69 Å². The van der Waals surface area contributed by atoms with Gasteiger partial charge in [0.05, 0.1) is 44.4 Å². The third kappa shape index (κ3) is 3.71. The maximum Gasteiger partial charge on any atom is 0.416 e. The highest BCUT2D eigenvalue weighted by Crippen LogP contribution is 2.37. The van der Waals surface area contributed by atoms with Gasteiger partial charge in [-0.15, -0.1) is 0 Å². The third-order valence-electron chi connectivity index (χ3n) is 4.37. The van der Waals surface area contributed by atoms with E-state index >= 15 is 0 Å². The summed E-state index contributed by atoms with van der Waals surface area (Å²) in [5.74, 6) is -0.749. The van der Waals surface area contributed by atoms with Crippen LogP contribution in [0, 0.1) is 0 Å². The van der Waals surface area contributed by atoms with Gasteiger partial charge in [-0.2, -0.15) is 13.2 Å². The number of aromatic nitrogens is 3. The average Bonchev–Trinajstić information content (AvgIpc) is 3.21. The van der Waals surface area contributed by atoms with E-state index in [1.807, 2.05) is 0 Å². The van der Waals surface area contributed by atoms with Crippen molar-refractivity contribution in [3.05, 3.63) is 82.5 Å². The number of carbonyl (C=O) groups is 1. The lowest BCUT2D eigenvalue weighted by atomic mass is 10.1. The SMILES string of the molecule is O=C(Nc1cc(C(F)(F)F)cc2c(-n3ccnc3)ccnc12)c1c(Cl)cccc1Cl. The van der Waals surface area contributed by atoms with Crippen LogP contribution >= 0.6 is 23.2 Å². The van der Waals surface area contributed by atoms with E-state index in [0.29, 0.717) is 5.69 Å². The van der Waals surface area contributed by atoms with Crippen molar-refractivity contribution in [1.29, 1.82) is 0 Å². The highest BCUT2D eigenvalue weighted by atomic mass is 35.5. The molecule has 0 aliphatic heterocycles. The summed E-state index contributed by atoms with van der Waals surface area (Å²) in [6, 6.07) is 7.84. The number of hydrogen-bond acceptors (Lipinski definition) is 3. The first-order valence-electron chi connectivity index (χ1n) is 8.49. The van der Waals surface area contributed by atoms with Crippen LogP contribution in [0.5, 0.6) is 0 Å². The molecular formula is C20H11Cl2F3N4O. The summed E-state index contributed by atoms with van der Waals surface area (Å²) < 4.78 is 42.2. The Morgan fingerprint density at radius 3 is 2.43 bits per heavy atom. The number of nitrogens with zero attached hydrogens (tertiary/aromatic N) is 3. The highest BCUT2D eigenvalue weighted by Gasteiger charge is 2.32. The molecule has 0 aliphatic rings. The van der Waals surface area contributed by atoms with E-state index in [-0.39, 0.29) is 32.2 Å². The minimum absolute atomic E-state index is 0.0443. The Bertz CT molecular complexity index is 1240. The van der Waals surface area contributed by atoms with E-state index in [2.05, 4.69) is 15.3 Å². The minimum atomic E-state index is -4.64. The third-order valence-corrected chi connectivity index (χ3v) is 5.00. The predicted octanol–water partition coefficient (Wildman–Crippen LogP) is 6.00. The number of imidazole rings is 1. The number of rotatable bonds is 3. The molecule has 0 bridgehead atoms. The molecule has 0 radical (unpaired) electrons. The second kappa shape index (κ2) is 7.62. The standard InChI is InChI=1S/C20H11Cl2F3N4O/c21-13-2-1-3-14(22)17(13)19(30)28-15-9-11(20(23,24)25)8-12-16(4-5-27-18(12)15)29-7-6-26-10-29/h1-10H,(H,28,30). The number of alkyl halides is 3. The van der Waals surface area contributed by atoms with Crippen LogP contribution in [0.2, 0.25) is 10.0 Å². The van der Waals surface area contributed by atoms with Crippen LogP contribution < -0.4 is 5.32 Å². The van der Waals surface area contributed by atoms with Crippen molar-refractivity contribution in [2.24, 2.45) is 0 Å². The summed E-state index contributed by atoms with van der Waals surface area (Å²) in [6.07, 6.45) is 1.34. The van der Waals surface area contributed by atoms with Gasteiger partial charge in [0.25, 0.3) is 5.91 Å². The molecule has 0 fully saturated rings. The van der Waals surface area contributed by atoms with Crippen molar-refractivity contribution in [1.82, 2.24) is 14.5 Å². The van der Waals surface area contributed by atoms with Gasteiger partial charge in [-0.05, 0) is 30.3 Å². The Morgan fingerprint density at radius 1 is 1.07 bits per heavy atom. The largest absolute Gasteiger partial charge is 0.416 e. The van der Waals surface area contributed by atoms with Crippen LogP contribution in [-0.4, -0.2) is 20.4 Å². The van der Waals surface area contributed by atoms with E-state index in [1.165, 1.54) is 30.9 Å². The van der Waals surface area contributed by atoms with Crippen LogP contribution in [0.15, 0.2) is 61.3 Å². The number of carbonyl (C=O) groups excluding carboxylic acids is 1. The number of benzene rings is 2. The summed E-state index contributed by atoms with van der Waals surface area (Å²) >= 11 is 12.1. The Hall–Kier alpha value is -3.10. The maximum atomic E-state index is 13.6. The monoisotopic (exact) mass is 450 g/mol. The molecule has 30 heavy (non-hydrogen) atoms. The predicted molar refractivity (Wildman–Crippen MR) is 108 cm³/mol. The maximum absolute atomic E-state index is 13.6. The number of fused-ring (bicyclic) bond motifs is 1. The zero-order chi connectivity index (χ0) is 21.5.